The largest absolute Gasteiger partial charge is 0.345 e. The summed E-state index contributed by atoms with van der Waals surface area (Å²) >= 11 is 0. The predicted octanol–water partition coefficient (Wildman–Crippen LogP) is 2.69. The van der Waals surface area contributed by atoms with Crippen LogP contribution in [0.15, 0.2) is 53.5 Å². The van der Waals surface area contributed by atoms with E-state index in [0.717, 1.165) is 42.5 Å². The van der Waals surface area contributed by atoms with Gasteiger partial charge >= 0.3 is 0 Å². The average Bonchev–Trinajstić information content (AvgIpc) is 3.34. The lowest BCUT2D eigenvalue weighted by Gasteiger charge is -2.27. The van der Waals surface area contributed by atoms with Crippen molar-refractivity contribution >= 4 is 34.9 Å². The summed E-state index contributed by atoms with van der Waals surface area (Å²) in [4.78, 5) is 41.3. The van der Waals surface area contributed by atoms with Crippen LogP contribution < -0.4 is 21.1 Å². The van der Waals surface area contributed by atoms with Crippen LogP contribution in [0.5, 0.6) is 0 Å². The third-order valence-corrected chi connectivity index (χ3v) is 5.72. The molecule has 0 bridgehead atoms. The van der Waals surface area contributed by atoms with E-state index in [2.05, 4.69) is 21.1 Å². The van der Waals surface area contributed by atoms with Crippen molar-refractivity contribution in [3.05, 3.63) is 59.7 Å². The number of carbonyl (C=O) groups is 3. The van der Waals surface area contributed by atoms with E-state index in [9.17, 15) is 14.4 Å². The topological polar surface area (TPSA) is 103 Å². The molecule has 32 heavy (non-hydrogen) atoms. The fourth-order valence-electron chi connectivity index (χ4n) is 3.90. The molecule has 0 spiro atoms. The molecule has 8 nitrogen and oxygen atoms in total. The molecule has 1 fully saturated rings. The molecule has 1 aliphatic carbocycles. The number of hydrogen-bond acceptors (Lipinski definition) is 5. The van der Waals surface area contributed by atoms with Gasteiger partial charge < -0.3 is 10.6 Å². The number of anilines is 2. The number of aryl methyl sites for hydroxylation is 1. The number of benzene rings is 2. The summed E-state index contributed by atoms with van der Waals surface area (Å²) in [5, 5.41) is 7.13. The number of nitrogens with zero attached hydrogens (tertiary/aromatic N) is 2. The Labute approximate surface area is 187 Å². The first-order valence-corrected chi connectivity index (χ1v) is 10.9. The Hall–Kier alpha value is -3.68. The van der Waals surface area contributed by atoms with E-state index in [1.807, 2.05) is 55.5 Å². The Balaban J connectivity index is 1.34. The van der Waals surface area contributed by atoms with Crippen LogP contribution in [-0.4, -0.2) is 30.1 Å². The summed E-state index contributed by atoms with van der Waals surface area (Å²) in [5.41, 5.74) is 6.10. The van der Waals surface area contributed by atoms with Crippen LogP contribution in [0.1, 0.15) is 36.8 Å². The van der Waals surface area contributed by atoms with Crippen molar-refractivity contribution in [2.24, 2.45) is 10.9 Å². The van der Waals surface area contributed by atoms with Gasteiger partial charge in [0, 0.05) is 18.2 Å². The molecule has 4 rings (SSSR count). The molecule has 3 N–H and O–H groups in total. The average molecular weight is 434 g/mol. The normalized spacial score (nSPS) is 16.3. The molecule has 0 unspecified atom stereocenters. The number of hydrogen-bond donors (Lipinski definition) is 3. The van der Waals surface area contributed by atoms with Gasteiger partial charge in [-0.15, -0.1) is 0 Å². The highest BCUT2D eigenvalue weighted by Gasteiger charge is 2.25. The molecule has 1 heterocycles. The monoisotopic (exact) mass is 433 g/mol. The van der Waals surface area contributed by atoms with Gasteiger partial charge in [-0.05, 0) is 49.6 Å². The van der Waals surface area contributed by atoms with E-state index in [-0.39, 0.29) is 36.7 Å². The number of aliphatic imine (C=N–C) groups is 1. The molecule has 166 valence electrons. The van der Waals surface area contributed by atoms with Gasteiger partial charge in [0.05, 0.1) is 5.69 Å². The molecule has 1 saturated carbocycles. The molecule has 0 aromatic heterocycles. The van der Waals surface area contributed by atoms with Crippen molar-refractivity contribution < 1.29 is 14.4 Å². The molecule has 1 aliphatic heterocycles. The molecule has 2 aromatic rings. The Kier molecular flexibility index (Phi) is 6.49. The Morgan fingerprint density at radius 1 is 1.12 bits per heavy atom. The molecular weight excluding hydrogens is 406 g/mol. The Morgan fingerprint density at radius 3 is 2.62 bits per heavy atom. The second-order valence-electron chi connectivity index (χ2n) is 8.20. The summed E-state index contributed by atoms with van der Waals surface area (Å²) in [6.45, 7) is 2.13. The van der Waals surface area contributed by atoms with Crippen molar-refractivity contribution in [2.45, 2.75) is 39.2 Å². The van der Waals surface area contributed by atoms with E-state index in [1.165, 1.54) is 5.01 Å². The molecular formula is C24H27N5O3. The summed E-state index contributed by atoms with van der Waals surface area (Å²) in [6.07, 6.45) is 4.10. The highest BCUT2D eigenvalue weighted by atomic mass is 16.2. The first-order chi connectivity index (χ1) is 15.5. The van der Waals surface area contributed by atoms with Crippen molar-refractivity contribution in [3.8, 4) is 0 Å². The number of carbonyl (C=O) groups excluding carboxylic acids is 3. The molecule has 8 heteroatoms. The summed E-state index contributed by atoms with van der Waals surface area (Å²) in [6, 6.07) is 14.8. The molecule has 0 atom stereocenters. The molecule has 3 amide bonds. The number of amidine groups is 1. The minimum atomic E-state index is -0.407. The first-order valence-electron chi connectivity index (χ1n) is 10.9. The molecule has 2 aromatic carbocycles. The molecule has 0 radical (unpaired) electrons. The maximum absolute atomic E-state index is 12.6. The summed E-state index contributed by atoms with van der Waals surface area (Å²) in [7, 11) is 0. The zero-order chi connectivity index (χ0) is 22.5. The van der Waals surface area contributed by atoms with E-state index in [1.54, 1.807) is 0 Å². The molecule has 0 saturated heterocycles. The molecule has 2 aliphatic rings. The smallest absolute Gasteiger partial charge is 0.288 e. The van der Waals surface area contributed by atoms with Gasteiger partial charge in [-0.1, -0.05) is 42.7 Å². The maximum atomic E-state index is 12.6. The van der Waals surface area contributed by atoms with Gasteiger partial charge in [0.15, 0.2) is 0 Å². The van der Waals surface area contributed by atoms with E-state index in [0.29, 0.717) is 5.69 Å². The zero-order valence-corrected chi connectivity index (χ0v) is 18.1. The summed E-state index contributed by atoms with van der Waals surface area (Å²) < 4.78 is 0. The number of amides is 3. The van der Waals surface area contributed by atoms with Gasteiger partial charge in [-0.3, -0.25) is 24.8 Å². The van der Waals surface area contributed by atoms with Crippen LogP contribution in [0.2, 0.25) is 0 Å². The van der Waals surface area contributed by atoms with Crippen molar-refractivity contribution in [1.82, 2.24) is 10.7 Å². The van der Waals surface area contributed by atoms with Gasteiger partial charge in [-0.25, -0.2) is 5.01 Å². The first kappa shape index (κ1) is 21.5. The third-order valence-electron chi connectivity index (χ3n) is 5.72. The quantitative estimate of drug-likeness (QED) is 0.652. The Bertz CT molecular complexity index is 1040. The SMILES string of the molecule is Cc1ccc(N2NC(C(=O)NCc3cccc(NC(=O)C4CCCC4)c3)=NCC2=O)cc1. The van der Waals surface area contributed by atoms with Gasteiger partial charge in [-0.2, -0.15) is 0 Å². The van der Waals surface area contributed by atoms with E-state index >= 15 is 0 Å². The van der Waals surface area contributed by atoms with Gasteiger partial charge in [0.2, 0.25) is 11.7 Å². The fraction of sp³-hybridized carbons (Fsp3) is 0.333. The second-order valence-corrected chi connectivity index (χ2v) is 8.20. The Morgan fingerprint density at radius 2 is 1.88 bits per heavy atom. The lowest BCUT2D eigenvalue weighted by Crippen LogP contribution is -2.55. The standard InChI is InChI=1S/C24H27N5O3/c1-16-9-11-20(12-10-16)29-21(30)15-25-22(28-29)24(32)26-14-17-5-4-8-19(13-17)27-23(31)18-6-2-3-7-18/h4-5,8-13,18H,2-3,6-7,14-15H2,1H3,(H,25,28)(H,26,32)(H,27,31). The fourth-order valence-corrected chi connectivity index (χ4v) is 3.90. The second kappa shape index (κ2) is 9.64. The maximum Gasteiger partial charge on any atom is 0.288 e. The van der Waals surface area contributed by atoms with Crippen molar-refractivity contribution in [2.75, 3.05) is 16.9 Å². The third kappa shape index (κ3) is 5.14. The minimum Gasteiger partial charge on any atom is -0.345 e. The summed E-state index contributed by atoms with van der Waals surface area (Å²) in [5.74, 6) is -0.416. The van der Waals surface area contributed by atoms with Crippen LogP contribution in [0, 0.1) is 12.8 Å². The van der Waals surface area contributed by atoms with Crippen molar-refractivity contribution in [1.29, 1.82) is 0 Å². The van der Waals surface area contributed by atoms with Crippen molar-refractivity contribution in [3.63, 3.8) is 0 Å². The lowest BCUT2D eigenvalue weighted by molar-refractivity contribution is -0.120. The van der Waals surface area contributed by atoms with Gasteiger partial charge in [0.25, 0.3) is 11.8 Å². The highest BCUT2D eigenvalue weighted by molar-refractivity contribution is 6.39. The highest BCUT2D eigenvalue weighted by Crippen LogP contribution is 2.26. The van der Waals surface area contributed by atoms with Crippen LogP contribution in [0.3, 0.4) is 0 Å². The van der Waals surface area contributed by atoms with Crippen LogP contribution in [0.4, 0.5) is 11.4 Å². The zero-order valence-electron chi connectivity index (χ0n) is 18.1. The van der Waals surface area contributed by atoms with E-state index in [4.69, 9.17) is 0 Å². The van der Waals surface area contributed by atoms with E-state index < -0.39 is 5.91 Å². The number of nitrogens with one attached hydrogen (secondary N) is 3. The van der Waals surface area contributed by atoms with Gasteiger partial charge in [0.1, 0.15) is 6.54 Å². The van der Waals surface area contributed by atoms with Crippen LogP contribution in [0.25, 0.3) is 0 Å². The number of rotatable bonds is 6. The van der Waals surface area contributed by atoms with Crippen LogP contribution in [-0.2, 0) is 20.9 Å². The predicted molar refractivity (Wildman–Crippen MR) is 123 cm³/mol. The lowest BCUT2D eigenvalue weighted by atomic mass is 10.1. The van der Waals surface area contributed by atoms with Crippen LogP contribution >= 0.6 is 0 Å². The minimum absolute atomic E-state index is 0.0605. The number of hydrazine groups is 1.